The number of ketones is 1. The Hall–Kier alpha value is -1.82. The van der Waals surface area contributed by atoms with Crippen molar-refractivity contribution in [3.63, 3.8) is 0 Å². The fourth-order valence-corrected chi connectivity index (χ4v) is 1.34. The Bertz CT molecular complexity index is 446. The van der Waals surface area contributed by atoms with Gasteiger partial charge in [-0.25, -0.2) is 0 Å². The molecule has 0 radical (unpaired) electrons. The number of hydrogen-bond acceptors (Lipinski definition) is 3. The van der Waals surface area contributed by atoms with Crippen LogP contribution in [0.15, 0.2) is 18.2 Å². The van der Waals surface area contributed by atoms with Crippen LogP contribution in [0.1, 0.15) is 31.4 Å². The molecular weight excluding hydrogens is 214 g/mol. The summed E-state index contributed by atoms with van der Waals surface area (Å²) in [7, 11) is 0. The quantitative estimate of drug-likeness (QED) is 0.783. The van der Waals surface area contributed by atoms with Crippen LogP contribution in [-0.2, 0) is 4.79 Å². The highest BCUT2D eigenvalue weighted by atomic mass is 16.5. The maximum atomic E-state index is 11.6. The monoisotopic (exact) mass is 231 g/mol. The van der Waals surface area contributed by atoms with Crippen molar-refractivity contribution in [1.29, 1.82) is 5.26 Å². The minimum Gasteiger partial charge on any atom is -0.486 e. The van der Waals surface area contributed by atoms with Gasteiger partial charge in [0.1, 0.15) is 12.4 Å². The van der Waals surface area contributed by atoms with Crippen LogP contribution in [0.5, 0.6) is 5.75 Å². The van der Waals surface area contributed by atoms with Gasteiger partial charge in [0.05, 0.1) is 11.6 Å². The summed E-state index contributed by atoms with van der Waals surface area (Å²) >= 11 is 0. The summed E-state index contributed by atoms with van der Waals surface area (Å²) < 4.78 is 5.46. The molecule has 0 saturated carbocycles. The molecule has 0 aromatic heterocycles. The van der Waals surface area contributed by atoms with E-state index in [0.29, 0.717) is 11.3 Å². The smallest absolute Gasteiger partial charge is 0.172 e. The highest BCUT2D eigenvalue weighted by molar-refractivity contribution is 5.82. The molecule has 3 heteroatoms. The minimum atomic E-state index is 0.0226. The first-order valence-electron chi connectivity index (χ1n) is 5.74. The summed E-state index contributed by atoms with van der Waals surface area (Å²) in [6.45, 7) is 5.84. The maximum absolute atomic E-state index is 11.6. The van der Waals surface area contributed by atoms with E-state index in [0.717, 1.165) is 12.0 Å². The van der Waals surface area contributed by atoms with E-state index in [4.69, 9.17) is 10.00 Å². The fourth-order valence-electron chi connectivity index (χ4n) is 1.34. The fraction of sp³-hybridized carbons (Fsp3) is 0.429. The highest BCUT2D eigenvalue weighted by Gasteiger charge is 2.12. The Labute approximate surface area is 102 Å². The molecule has 90 valence electrons. The van der Waals surface area contributed by atoms with Crippen molar-refractivity contribution in [3.05, 3.63) is 29.3 Å². The lowest BCUT2D eigenvalue weighted by molar-refractivity contribution is -0.124. The molecule has 1 unspecified atom stereocenters. The molecule has 0 fully saturated rings. The molecule has 0 heterocycles. The summed E-state index contributed by atoms with van der Waals surface area (Å²) in [6.07, 6.45) is 0.819. The Morgan fingerprint density at radius 2 is 2.24 bits per heavy atom. The Kier molecular flexibility index (Phi) is 4.71. The zero-order valence-electron chi connectivity index (χ0n) is 10.5. The topological polar surface area (TPSA) is 50.1 Å². The molecule has 17 heavy (non-hydrogen) atoms. The van der Waals surface area contributed by atoms with Crippen molar-refractivity contribution < 1.29 is 9.53 Å². The van der Waals surface area contributed by atoms with Gasteiger partial charge in [0.2, 0.25) is 0 Å². The predicted octanol–water partition coefficient (Wildman–Crippen LogP) is 2.86. The first-order chi connectivity index (χ1) is 8.08. The third-order valence-corrected chi connectivity index (χ3v) is 2.85. The molecule has 0 N–H and O–H groups in total. The number of benzene rings is 1. The molecule has 0 amide bonds. The van der Waals surface area contributed by atoms with Crippen LogP contribution in [-0.4, -0.2) is 12.4 Å². The van der Waals surface area contributed by atoms with Crippen molar-refractivity contribution in [2.24, 2.45) is 5.92 Å². The van der Waals surface area contributed by atoms with Crippen LogP contribution >= 0.6 is 0 Å². The van der Waals surface area contributed by atoms with Crippen LogP contribution in [0.3, 0.4) is 0 Å². The van der Waals surface area contributed by atoms with E-state index in [-0.39, 0.29) is 18.3 Å². The van der Waals surface area contributed by atoms with E-state index in [2.05, 4.69) is 6.07 Å². The Morgan fingerprint density at radius 3 is 2.82 bits per heavy atom. The van der Waals surface area contributed by atoms with Gasteiger partial charge in [-0.3, -0.25) is 4.79 Å². The van der Waals surface area contributed by atoms with Crippen LogP contribution in [0, 0.1) is 24.2 Å². The third kappa shape index (κ3) is 3.60. The van der Waals surface area contributed by atoms with Crippen molar-refractivity contribution in [2.75, 3.05) is 6.61 Å². The summed E-state index contributed by atoms with van der Waals surface area (Å²) in [5.41, 5.74) is 1.47. The van der Waals surface area contributed by atoms with Crippen molar-refractivity contribution in [3.8, 4) is 11.8 Å². The number of nitrogens with zero attached hydrogens (tertiary/aromatic N) is 1. The lowest BCUT2D eigenvalue weighted by Crippen LogP contribution is -2.18. The minimum absolute atomic E-state index is 0.0226. The maximum Gasteiger partial charge on any atom is 0.172 e. The third-order valence-electron chi connectivity index (χ3n) is 2.85. The van der Waals surface area contributed by atoms with Gasteiger partial charge < -0.3 is 4.74 Å². The molecular formula is C14H17NO2. The number of carbonyl (C=O) groups excluding carboxylic acids is 1. The van der Waals surface area contributed by atoms with E-state index in [9.17, 15) is 4.79 Å². The normalized spacial score (nSPS) is 11.6. The predicted molar refractivity (Wildman–Crippen MR) is 65.9 cm³/mol. The molecule has 0 bridgehead atoms. The number of nitriles is 1. The zero-order valence-corrected chi connectivity index (χ0v) is 10.5. The molecule has 1 atom stereocenters. The average Bonchev–Trinajstić information content (AvgIpc) is 2.36. The molecule has 0 saturated heterocycles. The van der Waals surface area contributed by atoms with Gasteiger partial charge in [-0.05, 0) is 31.0 Å². The second-order valence-electron chi connectivity index (χ2n) is 4.16. The van der Waals surface area contributed by atoms with Crippen molar-refractivity contribution in [2.45, 2.75) is 27.2 Å². The van der Waals surface area contributed by atoms with Gasteiger partial charge in [-0.1, -0.05) is 19.9 Å². The Morgan fingerprint density at radius 1 is 1.53 bits per heavy atom. The zero-order chi connectivity index (χ0) is 12.8. The van der Waals surface area contributed by atoms with Crippen LogP contribution in [0.25, 0.3) is 0 Å². The van der Waals surface area contributed by atoms with E-state index in [1.165, 1.54) is 0 Å². The van der Waals surface area contributed by atoms with Gasteiger partial charge in [0, 0.05) is 5.92 Å². The summed E-state index contributed by atoms with van der Waals surface area (Å²) in [5.74, 6) is 0.726. The molecule has 1 rings (SSSR count). The van der Waals surface area contributed by atoms with Gasteiger partial charge in [-0.2, -0.15) is 5.26 Å². The Balaban J connectivity index is 2.69. The number of carbonyl (C=O) groups is 1. The first-order valence-corrected chi connectivity index (χ1v) is 5.74. The van der Waals surface area contributed by atoms with E-state index in [1.807, 2.05) is 26.8 Å². The molecule has 3 nitrogen and oxygen atoms in total. The molecule has 0 aliphatic rings. The number of aryl methyl sites for hydroxylation is 1. The molecule has 0 spiro atoms. The second kappa shape index (κ2) is 6.05. The largest absolute Gasteiger partial charge is 0.486 e. The number of ether oxygens (including phenoxy) is 1. The van der Waals surface area contributed by atoms with E-state index < -0.39 is 0 Å². The van der Waals surface area contributed by atoms with Gasteiger partial charge in [0.15, 0.2) is 5.78 Å². The first kappa shape index (κ1) is 13.2. The van der Waals surface area contributed by atoms with Crippen LogP contribution < -0.4 is 4.74 Å². The number of rotatable bonds is 5. The van der Waals surface area contributed by atoms with Gasteiger partial charge in [0.25, 0.3) is 0 Å². The SMILES string of the molecule is CCC(C)C(=O)COc1cc(C#N)ccc1C. The molecule has 0 aliphatic heterocycles. The van der Waals surface area contributed by atoms with Crippen LogP contribution in [0.4, 0.5) is 0 Å². The molecule has 1 aromatic carbocycles. The van der Waals surface area contributed by atoms with Crippen LogP contribution in [0.2, 0.25) is 0 Å². The number of Topliss-reactive ketones (excluding diaryl/α,β-unsaturated/α-hetero) is 1. The molecule has 1 aromatic rings. The molecule has 0 aliphatic carbocycles. The van der Waals surface area contributed by atoms with E-state index >= 15 is 0 Å². The van der Waals surface area contributed by atoms with Gasteiger partial charge >= 0.3 is 0 Å². The van der Waals surface area contributed by atoms with Gasteiger partial charge in [-0.15, -0.1) is 0 Å². The lowest BCUT2D eigenvalue weighted by Gasteiger charge is -2.11. The van der Waals surface area contributed by atoms with Crippen molar-refractivity contribution >= 4 is 5.78 Å². The summed E-state index contributed by atoms with van der Waals surface area (Å²) in [4.78, 5) is 11.6. The average molecular weight is 231 g/mol. The summed E-state index contributed by atoms with van der Waals surface area (Å²) in [5, 5.41) is 8.78. The summed E-state index contributed by atoms with van der Waals surface area (Å²) in [6, 6.07) is 7.27. The highest BCUT2D eigenvalue weighted by Crippen LogP contribution is 2.19. The van der Waals surface area contributed by atoms with Crippen molar-refractivity contribution in [1.82, 2.24) is 0 Å². The lowest BCUT2D eigenvalue weighted by atomic mass is 10.0. The van der Waals surface area contributed by atoms with E-state index in [1.54, 1.807) is 12.1 Å². The standard InChI is InChI=1S/C14H17NO2/c1-4-10(2)13(16)9-17-14-7-12(8-15)6-5-11(14)3/h5-7,10H,4,9H2,1-3H3. The second-order valence-corrected chi connectivity index (χ2v) is 4.16. The number of hydrogen-bond donors (Lipinski definition) is 0.